The second kappa shape index (κ2) is 9.69. The molecule has 3 amide bonds. The molecule has 7 nitrogen and oxygen atoms in total. The zero-order chi connectivity index (χ0) is 24.3. The van der Waals surface area contributed by atoms with Gasteiger partial charge in [-0.2, -0.15) is 4.31 Å². The number of anilines is 2. The second-order valence-electron chi connectivity index (χ2n) is 8.02. The van der Waals surface area contributed by atoms with Crippen LogP contribution in [0.25, 0.3) is 0 Å². The van der Waals surface area contributed by atoms with Crippen LogP contribution in [0.4, 0.5) is 16.2 Å². The van der Waals surface area contributed by atoms with E-state index in [0.717, 1.165) is 21.9 Å². The highest BCUT2D eigenvalue weighted by Crippen LogP contribution is 2.37. The van der Waals surface area contributed by atoms with Crippen molar-refractivity contribution >= 4 is 33.3 Å². The van der Waals surface area contributed by atoms with Gasteiger partial charge in [0.25, 0.3) is 10.0 Å². The Hall–Kier alpha value is -3.65. The summed E-state index contributed by atoms with van der Waals surface area (Å²) in [5, 5.41) is 0. The lowest BCUT2D eigenvalue weighted by Gasteiger charge is -2.36. The zero-order valence-electron chi connectivity index (χ0n) is 19.2. The van der Waals surface area contributed by atoms with E-state index in [1.807, 2.05) is 44.2 Å². The van der Waals surface area contributed by atoms with Crippen LogP contribution < -0.4 is 9.21 Å². The number of carbonyl (C=O) groups excluding carboxylic acids is 2. The van der Waals surface area contributed by atoms with Crippen molar-refractivity contribution in [2.24, 2.45) is 0 Å². The van der Waals surface area contributed by atoms with E-state index in [9.17, 15) is 18.0 Å². The van der Waals surface area contributed by atoms with E-state index in [0.29, 0.717) is 13.1 Å². The summed E-state index contributed by atoms with van der Waals surface area (Å²) in [6.45, 7) is 4.46. The summed E-state index contributed by atoms with van der Waals surface area (Å²) in [4.78, 5) is 29.7. The highest BCUT2D eigenvalue weighted by molar-refractivity contribution is 7.94. The number of hydrogen-bond acceptors (Lipinski definition) is 4. The van der Waals surface area contributed by atoms with Gasteiger partial charge in [0.1, 0.15) is 11.4 Å². The molecule has 176 valence electrons. The van der Waals surface area contributed by atoms with Crippen molar-refractivity contribution in [1.82, 2.24) is 4.90 Å². The molecule has 0 radical (unpaired) electrons. The van der Waals surface area contributed by atoms with E-state index in [4.69, 9.17) is 0 Å². The Bertz CT molecular complexity index is 1290. The van der Waals surface area contributed by atoms with Crippen LogP contribution >= 0.6 is 0 Å². The molecule has 0 unspecified atom stereocenters. The van der Waals surface area contributed by atoms with Crippen LogP contribution in [0, 0.1) is 0 Å². The molecule has 0 spiro atoms. The number of hydrogen-bond donors (Lipinski definition) is 0. The minimum absolute atomic E-state index is 0.00641. The molecule has 0 aliphatic carbocycles. The first kappa shape index (κ1) is 23.5. The quantitative estimate of drug-likeness (QED) is 0.504. The van der Waals surface area contributed by atoms with Gasteiger partial charge in [-0.3, -0.25) is 9.69 Å². The number of likely N-dealkylation sites (N-methyl/N-ethyl adjacent to an activating group) is 1. The summed E-state index contributed by atoms with van der Waals surface area (Å²) >= 11 is 0. The predicted molar refractivity (Wildman–Crippen MR) is 132 cm³/mol. The van der Waals surface area contributed by atoms with Gasteiger partial charge in [0.2, 0.25) is 5.91 Å². The molecule has 0 saturated carbocycles. The van der Waals surface area contributed by atoms with Crippen molar-refractivity contribution in [3.05, 3.63) is 90.0 Å². The van der Waals surface area contributed by atoms with E-state index < -0.39 is 16.1 Å². The number of sulfonamides is 1. The number of amides is 3. The first-order valence-corrected chi connectivity index (χ1v) is 12.7. The van der Waals surface area contributed by atoms with Gasteiger partial charge in [0.05, 0.1) is 11.4 Å². The van der Waals surface area contributed by atoms with Gasteiger partial charge in [0, 0.05) is 13.1 Å². The van der Waals surface area contributed by atoms with E-state index >= 15 is 0 Å². The van der Waals surface area contributed by atoms with Crippen molar-refractivity contribution in [2.75, 3.05) is 22.3 Å². The molecule has 3 aromatic rings. The largest absolute Gasteiger partial charge is 0.343 e. The van der Waals surface area contributed by atoms with Crippen LogP contribution in [0.1, 0.15) is 25.0 Å². The number of rotatable bonds is 7. The maximum Gasteiger partial charge on any atom is 0.343 e. The first-order chi connectivity index (χ1) is 16.4. The Labute approximate surface area is 200 Å². The third-order valence-electron chi connectivity index (χ3n) is 5.90. The fourth-order valence-corrected chi connectivity index (χ4v) is 5.59. The second-order valence-corrected chi connectivity index (χ2v) is 9.77. The van der Waals surface area contributed by atoms with E-state index in [1.54, 1.807) is 47.4 Å². The normalized spacial score (nSPS) is 14.6. The van der Waals surface area contributed by atoms with Gasteiger partial charge < -0.3 is 4.90 Å². The van der Waals surface area contributed by atoms with Crippen molar-refractivity contribution < 1.29 is 18.0 Å². The minimum Gasteiger partial charge on any atom is -0.337 e. The van der Waals surface area contributed by atoms with Crippen LogP contribution in [0.5, 0.6) is 0 Å². The molecular formula is C26H27N3O4S. The molecule has 0 atom stereocenters. The molecule has 4 rings (SSSR count). The first-order valence-electron chi connectivity index (χ1n) is 11.2. The van der Waals surface area contributed by atoms with Crippen molar-refractivity contribution in [2.45, 2.75) is 31.7 Å². The third kappa shape index (κ3) is 4.41. The fraction of sp³-hybridized carbons (Fsp3) is 0.231. The van der Waals surface area contributed by atoms with Crippen molar-refractivity contribution in [3.63, 3.8) is 0 Å². The molecule has 0 saturated heterocycles. The highest BCUT2D eigenvalue weighted by atomic mass is 32.2. The van der Waals surface area contributed by atoms with Gasteiger partial charge in [-0.05, 0) is 48.7 Å². The van der Waals surface area contributed by atoms with Crippen LogP contribution in [0.15, 0.2) is 83.8 Å². The predicted octanol–water partition coefficient (Wildman–Crippen LogP) is 4.43. The lowest BCUT2D eigenvalue weighted by Crippen LogP contribution is -2.54. The average molecular weight is 478 g/mol. The average Bonchev–Trinajstić information content (AvgIpc) is 2.86. The lowest BCUT2D eigenvalue weighted by atomic mass is 10.1. The molecule has 34 heavy (non-hydrogen) atoms. The molecule has 0 N–H and O–H groups in total. The van der Waals surface area contributed by atoms with Crippen molar-refractivity contribution in [1.29, 1.82) is 0 Å². The van der Waals surface area contributed by atoms with Crippen LogP contribution in [0.2, 0.25) is 0 Å². The maximum absolute atomic E-state index is 13.6. The number of urea groups is 1. The molecular weight excluding hydrogens is 450 g/mol. The van der Waals surface area contributed by atoms with Gasteiger partial charge in [-0.1, -0.05) is 61.5 Å². The summed E-state index contributed by atoms with van der Waals surface area (Å²) in [5.41, 5.74) is 2.45. The molecule has 0 fully saturated rings. The molecule has 1 aliphatic rings. The van der Waals surface area contributed by atoms with Gasteiger partial charge >= 0.3 is 6.03 Å². The number of aryl methyl sites for hydroxylation is 1. The summed E-state index contributed by atoms with van der Waals surface area (Å²) in [7, 11) is -4.13. The summed E-state index contributed by atoms with van der Waals surface area (Å²) in [6.07, 6.45) is 0.790. The SMILES string of the molecule is CCc1ccc(N2C(=O)N(CC(=O)N(CC)Cc3ccccc3)c3ccccc3S2(=O)=O)cc1. The monoisotopic (exact) mass is 477 g/mol. The molecule has 1 heterocycles. The van der Waals surface area contributed by atoms with Gasteiger partial charge in [-0.25, -0.2) is 13.2 Å². The van der Waals surface area contributed by atoms with E-state index in [-0.39, 0.29) is 28.7 Å². The van der Waals surface area contributed by atoms with Gasteiger partial charge in [0.15, 0.2) is 0 Å². The van der Waals surface area contributed by atoms with E-state index in [2.05, 4.69) is 0 Å². The Morgan fingerprint density at radius 1 is 0.853 bits per heavy atom. The van der Waals surface area contributed by atoms with Crippen LogP contribution in [-0.4, -0.2) is 38.3 Å². The third-order valence-corrected chi connectivity index (χ3v) is 7.65. The summed E-state index contributed by atoms with van der Waals surface area (Å²) < 4.78 is 27.6. The molecule has 3 aromatic carbocycles. The zero-order valence-corrected chi connectivity index (χ0v) is 20.0. The number of nitrogens with zero attached hydrogens (tertiary/aromatic N) is 3. The number of benzene rings is 3. The Kier molecular flexibility index (Phi) is 6.70. The standard InChI is InChI=1S/C26H27N3O4S/c1-3-20-14-16-22(17-15-20)29-26(31)28(23-12-8-9-13-24(23)34(29,32)33)19-25(30)27(4-2)18-21-10-6-5-7-11-21/h5-17H,3-4,18-19H2,1-2H3. The summed E-state index contributed by atoms with van der Waals surface area (Å²) in [6, 6.07) is 22.0. The van der Waals surface area contributed by atoms with E-state index in [1.165, 1.54) is 11.0 Å². The Balaban J connectivity index is 1.69. The highest BCUT2D eigenvalue weighted by Gasteiger charge is 2.43. The Morgan fingerprint density at radius 3 is 2.15 bits per heavy atom. The number of fused-ring (bicyclic) bond motifs is 1. The maximum atomic E-state index is 13.6. The molecule has 0 aromatic heterocycles. The topological polar surface area (TPSA) is 78.0 Å². The minimum atomic E-state index is -4.13. The Morgan fingerprint density at radius 2 is 1.50 bits per heavy atom. The van der Waals surface area contributed by atoms with Crippen LogP contribution in [-0.2, 0) is 27.8 Å². The molecule has 8 heteroatoms. The number of carbonyl (C=O) groups is 2. The van der Waals surface area contributed by atoms with Gasteiger partial charge in [-0.15, -0.1) is 0 Å². The molecule has 1 aliphatic heterocycles. The summed E-state index contributed by atoms with van der Waals surface area (Å²) in [5.74, 6) is -0.268. The fourth-order valence-electron chi connectivity index (χ4n) is 4.00. The molecule has 0 bridgehead atoms. The lowest BCUT2D eigenvalue weighted by molar-refractivity contribution is -0.130. The van der Waals surface area contributed by atoms with Crippen LogP contribution in [0.3, 0.4) is 0 Å². The smallest absolute Gasteiger partial charge is 0.337 e. The van der Waals surface area contributed by atoms with Crippen molar-refractivity contribution in [3.8, 4) is 0 Å². The number of para-hydroxylation sites is 1.